The first-order valence-corrected chi connectivity index (χ1v) is 9.01. The molecule has 0 unspecified atom stereocenters. The zero-order chi connectivity index (χ0) is 17.1. The second-order valence-electron chi connectivity index (χ2n) is 5.74. The molecule has 0 saturated carbocycles. The number of carbonyl (C=O) groups is 1. The molecule has 4 rings (SSSR count). The third-order valence-corrected chi connectivity index (χ3v) is 5.00. The molecule has 1 aliphatic heterocycles. The molecule has 0 bridgehead atoms. The van der Waals surface area contributed by atoms with Crippen LogP contribution in [0.3, 0.4) is 0 Å². The van der Waals surface area contributed by atoms with E-state index in [-0.39, 0.29) is 5.91 Å². The Morgan fingerprint density at radius 1 is 1.20 bits per heavy atom. The molecule has 1 fully saturated rings. The van der Waals surface area contributed by atoms with Crippen LogP contribution in [0.2, 0.25) is 0 Å². The van der Waals surface area contributed by atoms with Crippen molar-refractivity contribution in [1.82, 2.24) is 10.2 Å². The van der Waals surface area contributed by atoms with E-state index in [1.807, 2.05) is 41.8 Å². The lowest BCUT2D eigenvalue weighted by atomic mass is 10.2. The third-order valence-electron chi connectivity index (χ3n) is 4.10. The van der Waals surface area contributed by atoms with Crippen LogP contribution in [-0.4, -0.2) is 42.4 Å². The quantitative estimate of drug-likeness (QED) is 0.755. The second-order valence-corrected chi connectivity index (χ2v) is 6.69. The summed E-state index contributed by atoms with van der Waals surface area (Å²) in [4.78, 5) is 15.7. The molecule has 0 spiro atoms. The van der Waals surface area contributed by atoms with Crippen molar-refractivity contribution in [2.45, 2.75) is 0 Å². The van der Waals surface area contributed by atoms with Gasteiger partial charge in [-0.2, -0.15) is 5.10 Å². The van der Waals surface area contributed by atoms with Crippen molar-refractivity contribution in [2.24, 2.45) is 0 Å². The highest BCUT2D eigenvalue weighted by Crippen LogP contribution is 2.23. The number of aromatic nitrogens is 2. The first kappa shape index (κ1) is 15.9. The minimum absolute atomic E-state index is 0.224. The summed E-state index contributed by atoms with van der Waals surface area (Å²) in [7, 11) is 0. The summed E-state index contributed by atoms with van der Waals surface area (Å²) < 4.78 is 5.37. The van der Waals surface area contributed by atoms with Gasteiger partial charge < -0.3 is 15.0 Å². The number of ether oxygens (including phenoxy) is 1. The monoisotopic (exact) mass is 354 g/mol. The number of nitrogens with one attached hydrogen (secondary N) is 2. The number of thiophene rings is 1. The van der Waals surface area contributed by atoms with Crippen molar-refractivity contribution in [1.29, 1.82) is 0 Å². The van der Waals surface area contributed by atoms with Crippen molar-refractivity contribution >= 4 is 28.6 Å². The van der Waals surface area contributed by atoms with E-state index >= 15 is 0 Å². The topological polar surface area (TPSA) is 70.2 Å². The van der Waals surface area contributed by atoms with E-state index in [9.17, 15) is 4.79 Å². The molecule has 6 nitrogen and oxygen atoms in total. The Labute approximate surface area is 149 Å². The third kappa shape index (κ3) is 3.57. The van der Waals surface area contributed by atoms with Gasteiger partial charge in [0.2, 0.25) is 0 Å². The highest BCUT2D eigenvalue weighted by Gasteiger charge is 2.14. The van der Waals surface area contributed by atoms with E-state index in [2.05, 4.69) is 20.4 Å². The summed E-state index contributed by atoms with van der Waals surface area (Å²) in [5, 5.41) is 11.9. The zero-order valence-electron chi connectivity index (χ0n) is 13.6. The maximum absolute atomic E-state index is 12.4. The van der Waals surface area contributed by atoms with Crippen LogP contribution in [0.15, 0.2) is 47.8 Å². The molecule has 3 heterocycles. The van der Waals surface area contributed by atoms with Crippen molar-refractivity contribution in [3.05, 3.63) is 53.5 Å². The number of benzene rings is 1. The van der Waals surface area contributed by atoms with Gasteiger partial charge in [0.1, 0.15) is 0 Å². The van der Waals surface area contributed by atoms with Gasteiger partial charge in [0, 0.05) is 24.5 Å². The summed E-state index contributed by atoms with van der Waals surface area (Å²) >= 11 is 1.60. The highest BCUT2D eigenvalue weighted by molar-refractivity contribution is 7.13. The largest absolute Gasteiger partial charge is 0.378 e. The molecule has 1 saturated heterocycles. The summed E-state index contributed by atoms with van der Waals surface area (Å²) in [6.45, 7) is 3.30. The van der Waals surface area contributed by atoms with Crippen molar-refractivity contribution < 1.29 is 9.53 Å². The van der Waals surface area contributed by atoms with Gasteiger partial charge >= 0.3 is 0 Å². The fourth-order valence-electron chi connectivity index (χ4n) is 2.77. The molecule has 25 heavy (non-hydrogen) atoms. The van der Waals surface area contributed by atoms with Crippen LogP contribution in [0.1, 0.15) is 10.5 Å². The number of H-pyrrole nitrogens is 1. The maximum Gasteiger partial charge on any atom is 0.276 e. The van der Waals surface area contributed by atoms with Crippen LogP contribution in [0.5, 0.6) is 0 Å². The number of amides is 1. The molecule has 128 valence electrons. The van der Waals surface area contributed by atoms with Crippen molar-refractivity contribution in [2.75, 3.05) is 36.5 Å². The number of hydrogen-bond donors (Lipinski definition) is 2. The Balaban J connectivity index is 1.42. The lowest BCUT2D eigenvalue weighted by Crippen LogP contribution is -2.36. The Morgan fingerprint density at radius 2 is 2.00 bits per heavy atom. The van der Waals surface area contributed by atoms with Gasteiger partial charge in [-0.1, -0.05) is 6.07 Å². The molecule has 0 radical (unpaired) electrons. The number of rotatable bonds is 4. The van der Waals surface area contributed by atoms with E-state index in [0.717, 1.165) is 48.2 Å². The van der Waals surface area contributed by atoms with Gasteiger partial charge in [-0.3, -0.25) is 9.89 Å². The molecule has 0 atom stereocenters. The number of morpholine rings is 1. The Kier molecular flexibility index (Phi) is 4.49. The lowest BCUT2D eigenvalue weighted by Gasteiger charge is -2.28. The molecular formula is C18H18N4O2S. The first-order valence-electron chi connectivity index (χ1n) is 8.13. The minimum Gasteiger partial charge on any atom is -0.378 e. The Bertz CT molecular complexity index is 836. The van der Waals surface area contributed by atoms with Gasteiger partial charge in [-0.25, -0.2) is 0 Å². The number of anilines is 2. The predicted molar refractivity (Wildman–Crippen MR) is 99.3 cm³/mol. The van der Waals surface area contributed by atoms with Gasteiger partial charge in [0.05, 0.1) is 23.8 Å². The Morgan fingerprint density at radius 3 is 2.72 bits per heavy atom. The molecular weight excluding hydrogens is 336 g/mol. The van der Waals surface area contributed by atoms with E-state index in [0.29, 0.717) is 5.69 Å². The molecule has 3 aromatic rings. The van der Waals surface area contributed by atoms with Crippen molar-refractivity contribution in [3.8, 4) is 10.6 Å². The van der Waals surface area contributed by atoms with Gasteiger partial charge in [-0.15, -0.1) is 11.3 Å². The van der Waals surface area contributed by atoms with Crippen LogP contribution >= 0.6 is 11.3 Å². The first-order chi connectivity index (χ1) is 12.3. The van der Waals surface area contributed by atoms with Crippen LogP contribution in [0.4, 0.5) is 11.4 Å². The van der Waals surface area contributed by atoms with Gasteiger partial charge in [0.15, 0.2) is 5.69 Å². The smallest absolute Gasteiger partial charge is 0.276 e. The molecule has 1 aliphatic rings. The van der Waals surface area contributed by atoms with E-state index in [4.69, 9.17) is 4.74 Å². The van der Waals surface area contributed by atoms with Crippen LogP contribution in [-0.2, 0) is 4.74 Å². The summed E-state index contributed by atoms with van der Waals surface area (Å²) in [6, 6.07) is 13.6. The standard InChI is InChI=1S/C18H18N4O2S/c23-18(16-12-15(20-21-16)17-2-1-11-25-17)19-13-3-5-14(6-4-13)22-7-9-24-10-8-22/h1-6,11-12H,7-10H2,(H,19,23)(H,20,21). The molecule has 2 aromatic heterocycles. The summed E-state index contributed by atoms with van der Waals surface area (Å²) in [6.07, 6.45) is 0. The summed E-state index contributed by atoms with van der Waals surface area (Å²) in [5.41, 5.74) is 3.12. The van der Waals surface area contributed by atoms with Crippen LogP contribution < -0.4 is 10.2 Å². The zero-order valence-corrected chi connectivity index (χ0v) is 14.4. The highest BCUT2D eigenvalue weighted by atomic mass is 32.1. The average molecular weight is 354 g/mol. The number of hydrogen-bond acceptors (Lipinski definition) is 5. The predicted octanol–water partition coefficient (Wildman–Crippen LogP) is 3.23. The number of carbonyl (C=O) groups excluding carboxylic acids is 1. The average Bonchev–Trinajstić information content (AvgIpc) is 3.35. The van der Waals surface area contributed by atoms with E-state index in [1.165, 1.54) is 0 Å². The minimum atomic E-state index is -0.224. The molecule has 0 aliphatic carbocycles. The van der Waals surface area contributed by atoms with Crippen LogP contribution in [0.25, 0.3) is 10.6 Å². The summed E-state index contributed by atoms with van der Waals surface area (Å²) in [5.74, 6) is -0.224. The maximum atomic E-state index is 12.4. The fraction of sp³-hybridized carbons (Fsp3) is 0.222. The normalized spacial score (nSPS) is 14.5. The van der Waals surface area contributed by atoms with Gasteiger partial charge in [-0.05, 0) is 41.8 Å². The number of aromatic amines is 1. The van der Waals surface area contributed by atoms with Gasteiger partial charge in [0.25, 0.3) is 5.91 Å². The Hall–Kier alpha value is -2.64. The van der Waals surface area contributed by atoms with Crippen molar-refractivity contribution in [3.63, 3.8) is 0 Å². The SMILES string of the molecule is O=C(Nc1ccc(N2CCOCC2)cc1)c1cc(-c2cccs2)[nH]n1. The lowest BCUT2D eigenvalue weighted by molar-refractivity contribution is 0.102. The second kappa shape index (κ2) is 7.08. The number of nitrogens with zero attached hydrogens (tertiary/aromatic N) is 2. The van der Waals surface area contributed by atoms with Crippen LogP contribution in [0, 0.1) is 0 Å². The molecule has 2 N–H and O–H groups in total. The fourth-order valence-corrected chi connectivity index (χ4v) is 3.46. The van der Waals surface area contributed by atoms with E-state index < -0.39 is 0 Å². The molecule has 1 amide bonds. The molecule has 1 aromatic carbocycles. The molecule has 7 heteroatoms. The van der Waals surface area contributed by atoms with E-state index in [1.54, 1.807) is 17.4 Å².